The van der Waals surface area contributed by atoms with Crippen LogP contribution in [0.15, 0.2) is 65.8 Å². The summed E-state index contributed by atoms with van der Waals surface area (Å²) < 4.78 is 27.2. The summed E-state index contributed by atoms with van der Waals surface area (Å²) >= 11 is 6.12. The van der Waals surface area contributed by atoms with Gasteiger partial charge in [0, 0.05) is 43.2 Å². The third-order valence-electron chi connectivity index (χ3n) is 5.48. The molecule has 2 aromatic carbocycles. The average molecular weight is 484 g/mol. The van der Waals surface area contributed by atoms with Gasteiger partial charge in [0.1, 0.15) is 4.90 Å². The zero-order valence-corrected chi connectivity index (χ0v) is 19.4. The summed E-state index contributed by atoms with van der Waals surface area (Å²) in [5, 5.41) is 11.2. The molecule has 4 aromatic rings. The molecule has 1 saturated heterocycles. The van der Waals surface area contributed by atoms with Crippen LogP contribution in [0.25, 0.3) is 11.0 Å². The summed E-state index contributed by atoms with van der Waals surface area (Å²) in [5.41, 5.74) is 2.11. The maximum atomic E-state index is 13.1. The average Bonchev–Trinajstić information content (AvgIpc) is 3.24. The Morgan fingerprint density at radius 2 is 1.91 bits per heavy atom. The third-order valence-corrected chi connectivity index (χ3v) is 7.55. The smallest absolute Gasteiger partial charge is 0.286 e. The molecule has 1 fully saturated rings. The molecular formula is C22H22ClN7O2S. The Balaban J connectivity index is 1.42. The minimum absolute atomic E-state index is 0.0393. The second-order valence-corrected chi connectivity index (χ2v) is 10.0. The van der Waals surface area contributed by atoms with Crippen LogP contribution in [0, 0.1) is 0 Å². The summed E-state index contributed by atoms with van der Waals surface area (Å²) in [6, 6.07) is 14.7. The van der Waals surface area contributed by atoms with E-state index in [0.29, 0.717) is 11.4 Å². The molecule has 2 aromatic heterocycles. The first-order valence-electron chi connectivity index (χ1n) is 10.5. The molecule has 0 spiro atoms. The molecule has 11 heteroatoms. The van der Waals surface area contributed by atoms with E-state index in [1.807, 2.05) is 24.3 Å². The van der Waals surface area contributed by atoms with E-state index in [-0.39, 0.29) is 21.5 Å². The van der Waals surface area contributed by atoms with Crippen molar-refractivity contribution < 1.29 is 8.42 Å². The number of aromatic nitrogens is 4. The maximum absolute atomic E-state index is 13.1. The van der Waals surface area contributed by atoms with Crippen molar-refractivity contribution in [3.63, 3.8) is 0 Å². The summed E-state index contributed by atoms with van der Waals surface area (Å²) in [4.78, 5) is 11.0. The van der Waals surface area contributed by atoms with Gasteiger partial charge in [-0.15, -0.1) is 4.09 Å². The van der Waals surface area contributed by atoms with Crippen molar-refractivity contribution in [2.24, 2.45) is 0 Å². The van der Waals surface area contributed by atoms with Gasteiger partial charge in [-0.25, -0.2) is 4.98 Å². The zero-order chi connectivity index (χ0) is 23.0. The highest BCUT2D eigenvalue weighted by atomic mass is 35.5. The number of nitrogens with zero attached hydrogens (tertiary/aromatic N) is 5. The highest BCUT2D eigenvalue weighted by Gasteiger charge is 2.24. The van der Waals surface area contributed by atoms with Gasteiger partial charge in [0.15, 0.2) is 5.65 Å². The first-order chi connectivity index (χ1) is 15.9. The van der Waals surface area contributed by atoms with Gasteiger partial charge in [0.05, 0.1) is 16.6 Å². The fraction of sp³-hybridized carbons (Fsp3) is 0.227. The minimum Gasteiger partial charge on any atom is -0.369 e. The number of piperazine rings is 1. The minimum atomic E-state index is -4.02. The van der Waals surface area contributed by atoms with Crippen molar-refractivity contribution in [1.82, 2.24) is 24.5 Å². The fourth-order valence-electron chi connectivity index (χ4n) is 3.83. The highest BCUT2D eigenvalue weighted by molar-refractivity contribution is 7.90. The second kappa shape index (κ2) is 8.62. The van der Waals surface area contributed by atoms with Crippen molar-refractivity contribution >= 4 is 50.0 Å². The Morgan fingerprint density at radius 3 is 2.67 bits per heavy atom. The van der Waals surface area contributed by atoms with Crippen molar-refractivity contribution in [2.45, 2.75) is 17.9 Å². The molecule has 1 aliphatic rings. The molecule has 9 nitrogen and oxygen atoms in total. The molecule has 0 bridgehead atoms. The number of rotatable bonds is 5. The van der Waals surface area contributed by atoms with Crippen LogP contribution in [0.4, 0.5) is 17.3 Å². The molecular weight excluding hydrogens is 462 g/mol. The van der Waals surface area contributed by atoms with Crippen LogP contribution >= 0.6 is 11.6 Å². The quantitative estimate of drug-likeness (QED) is 0.445. The van der Waals surface area contributed by atoms with E-state index in [2.05, 4.69) is 37.5 Å². The van der Waals surface area contributed by atoms with Crippen molar-refractivity contribution in [3.05, 3.63) is 65.9 Å². The first kappa shape index (κ1) is 21.6. The lowest BCUT2D eigenvalue weighted by molar-refractivity contribution is 0.485. The lowest BCUT2D eigenvalue weighted by Gasteiger charge is -2.33. The Labute approximate surface area is 196 Å². The van der Waals surface area contributed by atoms with Crippen LogP contribution in [-0.4, -0.2) is 53.2 Å². The first-order valence-corrected chi connectivity index (χ1v) is 12.3. The molecule has 1 aliphatic heterocycles. The largest absolute Gasteiger partial charge is 0.369 e. The second-order valence-electron chi connectivity index (χ2n) is 7.87. The number of fused-ring (bicyclic) bond motifs is 1. The molecule has 33 heavy (non-hydrogen) atoms. The molecule has 0 amide bonds. The van der Waals surface area contributed by atoms with Gasteiger partial charge in [-0.3, -0.25) is 0 Å². The monoisotopic (exact) mass is 483 g/mol. The van der Waals surface area contributed by atoms with Crippen LogP contribution in [0.1, 0.15) is 6.92 Å². The van der Waals surface area contributed by atoms with Crippen molar-refractivity contribution in [1.29, 1.82) is 0 Å². The van der Waals surface area contributed by atoms with Crippen LogP contribution in [-0.2, 0) is 10.0 Å². The van der Waals surface area contributed by atoms with Gasteiger partial charge >= 0.3 is 0 Å². The lowest BCUT2D eigenvalue weighted by atomic mass is 10.2. The van der Waals surface area contributed by atoms with Crippen LogP contribution in [0.5, 0.6) is 0 Å². The molecule has 0 saturated carbocycles. The molecule has 0 unspecified atom stereocenters. The predicted octanol–water partition coefficient (Wildman–Crippen LogP) is 3.26. The lowest BCUT2D eigenvalue weighted by Crippen LogP contribution is -2.49. The Kier molecular flexibility index (Phi) is 5.65. The molecule has 0 aliphatic carbocycles. The Hall–Kier alpha value is -3.21. The third kappa shape index (κ3) is 4.24. The predicted molar refractivity (Wildman–Crippen MR) is 129 cm³/mol. The van der Waals surface area contributed by atoms with E-state index < -0.39 is 10.0 Å². The highest BCUT2D eigenvalue weighted by Crippen LogP contribution is 2.26. The number of anilines is 3. The SMILES string of the molecule is C[C@@H]1CN(c2ccc(Nc3ncc4cnn(S(=O)(=O)c5ccccc5Cl)c4n3)cc2)CCN1. The van der Waals surface area contributed by atoms with Crippen molar-refractivity contribution in [2.75, 3.05) is 29.9 Å². The van der Waals surface area contributed by atoms with E-state index in [0.717, 1.165) is 35.1 Å². The van der Waals surface area contributed by atoms with Gasteiger partial charge in [-0.05, 0) is 43.3 Å². The topological polar surface area (TPSA) is 105 Å². The van der Waals surface area contributed by atoms with Crippen LogP contribution < -0.4 is 15.5 Å². The van der Waals surface area contributed by atoms with Crippen LogP contribution in [0.3, 0.4) is 0 Å². The molecule has 1 atom stereocenters. The van der Waals surface area contributed by atoms with Gasteiger partial charge in [-0.2, -0.15) is 18.5 Å². The van der Waals surface area contributed by atoms with Gasteiger partial charge in [0.2, 0.25) is 5.95 Å². The number of benzene rings is 2. The van der Waals surface area contributed by atoms with Crippen molar-refractivity contribution in [3.8, 4) is 0 Å². The standard InChI is InChI=1S/C22H22ClN7O2S/c1-15-14-29(11-10-24-15)18-8-6-17(7-9-18)27-22-25-12-16-13-26-30(21(16)28-22)33(31,32)20-5-3-2-4-19(20)23/h2-9,12-13,15,24H,10-11,14H2,1H3,(H,25,27,28)/t15-/m1/s1. The van der Waals surface area contributed by atoms with Gasteiger partial charge < -0.3 is 15.5 Å². The fourth-order valence-corrected chi connectivity index (χ4v) is 5.56. The summed E-state index contributed by atoms with van der Waals surface area (Å²) in [7, 11) is -4.02. The molecule has 2 N–H and O–H groups in total. The summed E-state index contributed by atoms with van der Waals surface area (Å²) in [6.07, 6.45) is 2.95. The Bertz CT molecular complexity index is 1410. The normalized spacial score (nSPS) is 16.8. The van der Waals surface area contributed by atoms with Gasteiger partial charge in [0.25, 0.3) is 10.0 Å². The van der Waals surface area contributed by atoms with E-state index >= 15 is 0 Å². The number of hydrogen-bond donors (Lipinski definition) is 2. The van der Waals surface area contributed by atoms with E-state index in [9.17, 15) is 8.42 Å². The number of hydrogen-bond acceptors (Lipinski definition) is 8. The van der Waals surface area contributed by atoms with E-state index in [4.69, 9.17) is 11.6 Å². The molecule has 3 heterocycles. The summed E-state index contributed by atoms with van der Waals surface area (Å²) in [5.74, 6) is 0.266. The van der Waals surface area contributed by atoms with Crippen LogP contribution in [0.2, 0.25) is 5.02 Å². The van der Waals surface area contributed by atoms with Gasteiger partial charge in [-0.1, -0.05) is 23.7 Å². The Morgan fingerprint density at radius 1 is 1.12 bits per heavy atom. The maximum Gasteiger partial charge on any atom is 0.286 e. The number of nitrogens with one attached hydrogen (secondary N) is 2. The van der Waals surface area contributed by atoms with E-state index in [1.165, 1.54) is 24.5 Å². The van der Waals surface area contributed by atoms with E-state index in [1.54, 1.807) is 12.1 Å². The molecule has 0 radical (unpaired) electrons. The number of halogens is 1. The summed E-state index contributed by atoms with van der Waals surface area (Å²) in [6.45, 7) is 5.04. The molecule has 170 valence electrons. The molecule has 5 rings (SSSR count). The zero-order valence-electron chi connectivity index (χ0n) is 17.8.